The fourth-order valence-electron chi connectivity index (χ4n) is 5.39. The zero-order valence-corrected chi connectivity index (χ0v) is 32.0. The number of ether oxygens (including phenoxy) is 2. The molecule has 0 aliphatic heterocycles. The number of carbonyl (C=O) groups excluding carboxylic acids is 2. The van der Waals surface area contributed by atoms with Gasteiger partial charge in [-0.3, -0.25) is 18.6 Å². The molecular formula is C39H73O8P. The molecule has 0 aromatic carbocycles. The van der Waals surface area contributed by atoms with Gasteiger partial charge in [0.25, 0.3) is 0 Å². The van der Waals surface area contributed by atoms with Gasteiger partial charge in [0.2, 0.25) is 0 Å². The van der Waals surface area contributed by atoms with Crippen LogP contribution in [0.4, 0.5) is 0 Å². The fraction of sp³-hybridized carbons (Fsp3) is 0.846. The van der Waals surface area contributed by atoms with Gasteiger partial charge in [-0.25, -0.2) is 4.57 Å². The van der Waals surface area contributed by atoms with E-state index in [1.165, 1.54) is 103 Å². The van der Waals surface area contributed by atoms with Crippen molar-refractivity contribution in [1.29, 1.82) is 0 Å². The van der Waals surface area contributed by atoms with Gasteiger partial charge < -0.3 is 14.4 Å². The van der Waals surface area contributed by atoms with Crippen LogP contribution in [0.3, 0.4) is 0 Å². The summed E-state index contributed by atoms with van der Waals surface area (Å²) in [5.74, 6) is -0.809. The summed E-state index contributed by atoms with van der Waals surface area (Å²) in [5.41, 5.74) is 0. The Kier molecular flexibility index (Phi) is 34.3. The standard InChI is InChI=1S/C39H73O8P/c1-4-6-8-10-12-14-16-17-18-19-20-21-22-24-26-28-30-32-34-39(41)47-37(36-46-48(42,43)44-3)35-45-38(40)33-31-29-27-25-23-15-13-11-9-7-5-2/h14,16,18-19,37H,4-13,15,17,20-36H2,1-3H3,(H,42,43)/b16-14-,19-18-. The smallest absolute Gasteiger partial charge is 0.462 e. The van der Waals surface area contributed by atoms with Gasteiger partial charge in [-0.1, -0.05) is 154 Å². The highest BCUT2D eigenvalue weighted by Gasteiger charge is 2.24. The van der Waals surface area contributed by atoms with Crippen molar-refractivity contribution in [3.8, 4) is 0 Å². The molecule has 0 amide bonds. The summed E-state index contributed by atoms with van der Waals surface area (Å²) in [7, 11) is -3.20. The van der Waals surface area contributed by atoms with Crippen LogP contribution in [0.25, 0.3) is 0 Å². The molecule has 0 spiro atoms. The van der Waals surface area contributed by atoms with E-state index in [9.17, 15) is 19.0 Å². The number of allylic oxidation sites excluding steroid dienone is 4. The van der Waals surface area contributed by atoms with Crippen LogP contribution in [0.5, 0.6) is 0 Å². The summed E-state index contributed by atoms with van der Waals surface area (Å²) in [5, 5.41) is 0. The molecule has 0 bridgehead atoms. The molecule has 2 atom stereocenters. The third-order valence-electron chi connectivity index (χ3n) is 8.45. The second kappa shape index (κ2) is 35.4. The van der Waals surface area contributed by atoms with Gasteiger partial charge in [-0.2, -0.15) is 0 Å². The predicted octanol–water partition coefficient (Wildman–Crippen LogP) is 11.9. The highest BCUT2D eigenvalue weighted by molar-refractivity contribution is 7.47. The van der Waals surface area contributed by atoms with Crippen LogP contribution in [0, 0.1) is 0 Å². The normalized spacial score (nSPS) is 13.7. The first kappa shape index (κ1) is 46.5. The van der Waals surface area contributed by atoms with Crippen molar-refractivity contribution in [1.82, 2.24) is 0 Å². The SMILES string of the molecule is CCCCCC/C=C\C/C=C\CCCCCCCCCC(=O)OC(COC(=O)CCCCCCCCCCCCC)COP(=O)(O)OC. The highest BCUT2D eigenvalue weighted by atomic mass is 31.2. The summed E-state index contributed by atoms with van der Waals surface area (Å²) in [6.07, 6.45) is 38.0. The number of hydrogen-bond acceptors (Lipinski definition) is 7. The van der Waals surface area contributed by atoms with Crippen LogP contribution >= 0.6 is 7.82 Å². The largest absolute Gasteiger partial charge is 0.472 e. The number of carbonyl (C=O) groups is 2. The van der Waals surface area contributed by atoms with E-state index in [-0.39, 0.29) is 19.0 Å². The van der Waals surface area contributed by atoms with E-state index in [1.54, 1.807) is 0 Å². The fourth-order valence-corrected chi connectivity index (χ4v) is 5.85. The minimum Gasteiger partial charge on any atom is -0.462 e. The summed E-state index contributed by atoms with van der Waals surface area (Å²) in [4.78, 5) is 34.3. The minimum atomic E-state index is -4.25. The van der Waals surface area contributed by atoms with E-state index in [0.29, 0.717) is 12.8 Å². The zero-order valence-electron chi connectivity index (χ0n) is 31.1. The van der Waals surface area contributed by atoms with Crippen molar-refractivity contribution < 1.29 is 37.6 Å². The molecule has 282 valence electrons. The van der Waals surface area contributed by atoms with Crippen molar-refractivity contribution in [2.45, 2.75) is 193 Å². The van der Waals surface area contributed by atoms with E-state index in [4.69, 9.17) is 14.0 Å². The summed E-state index contributed by atoms with van der Waals surface area (Å²) < 4.78 is 31.9. The Balaban J connectivity index is 4.03. The van der Waals surface area contributed by atoms with Gasteiger partial charge in [0, 0.05) is 20.0 Å². The second-order valence-corrected chi connectivity index (χ2v) is 14.6. The highest BCUT2D eigenvalue weighted by Crippen LogP contribution is 2.42. The van der Waals surface area contributed by atoms with Crippen LogP contribution in [0.15, 0.2) is 24.3 Å². The van der Waals surface area contributed by atoms with Crippen LogP contribution in [-0.2, 0) is 32.7 Å². The van der Waals surface area contributed by atoms with Gasteiger partial charge in [0.15, 0.2) is 6.10 Å². The molecule has 1 N–H and O–H groups in total. The zero-order chi connectivity index (χ0) is 35.4. The lowest BCUT2D eigenvalue weighted by Crippen LogP contribution is -2.29. The number of phosphoric ester groups is 1. The molecule has 8 nitrogen and oxygen atoms in total. The maximum Gasteiger partial charge on any atom is 0.472 e. The number of esters is 2. The van der Waals surface area contributed by atoms with Crippen molar-refractivity contribution in [3.05, 3.63) is 24.3 Å². The Morgan fingerprint density at radius 2 is 1.00 bits per heavy atom. The lowest BCUT2D eigenvalue weighted by atomic mass is 10.1. The second-order valence-electron chi connectivity index (χ2n) is 13.1. The molecule has 0 saturated heterocycles. The average molecular weight is 701 g/mol. The van der Waals surface area contributed by atoms with Gasteiger partial charge in [-0.05, 0) is 44.9 Å². The molecule has 9 heteroatoms. The van der Waals surface area contributed by atoms with E-state index >= 15 is 0 Å². The maximum atomic E-state index is 12.5. The number of hydrogen-bond donors (Lipinski definition) is 1. The number of phosphoric acid groups is 1. The Morgan fingerprint density at radius 1 is 0.583 bits per heavy atom. The first-order valence-electron chi connectivity index (χ1n) is 19.5. The minimum absolute atomic E-state index is 0.225. The Bertz CT molecular complexity index is 844. The monoisotopic (exact) mass is 701 g/mol. The molecule has 0 aromatic rings. The molecule has 0 aliphatic carbocycles. The van der Waals surface area contributed by atoms with E-state index in [1.807, 2.05) is 0 Å². The summed E-state index contributed by atoms with van der Waals surface area (Å²) >= 11 is 0. The molecule has 0 heterocycles. The molecule has 0 fully saturated rings. The quantitative estimate of drug-likeness (QED) is 0.0298. The lowest BCUT2D eigenvalue weighted by molar-refractivity contribution is -0.161. The molecule has 0 rings (SSSR count). The lowest BCUT2D eigenvalue weighted by Gasteiger charge is -2.19. The first-order chi connectivity index (χ1) is 23.3. The summed E-state index contributed by atoms with van der Waals surface area (Å²) in [6, 6.07) is 0. The molecular weight excluding hydrogens is 627 g/mol. The Labute approximate surface area is 294 Å². The topological polar surface area (TPSA) is 108 Å². The first-order valence-corrected chi connectivity index (χ1v) is 21.0. The third-order valence-corrected chi connectivity index (χ3v) is 9.39. The van der Waals surface area contributed by atoms with Gasteiger partial charge in [-0.15, -0.1) is 0 Å². The Hall–Kier alpha value is -1.47. The van der Waals surface area contributed by atoms with Crippen molar-refractivity contribution in [2.24, 2.45) is 0 Å². The number of rotatable bonds is 36. The molecule has 48 heavy (non-hydrogen) atoms. The number of unbranched alkanes of at least 4 members (excludes halogenated alkanes) is 21. The van der Waals surface area contributed by atoms with Gasteiger partial charge in [0.1, 0.15) is 6.61 Å². The van der Waals surface area contributed by atoms with E-state index in [2.05, 4.69) is 42.7 Å². The van der Waals surface area contributed by atoms with Crippen molar-refractivity contribution in [3.63, 3.8) is 0 Å². The molecule has 2 unspecified atom stereocenters. The Morgan fingerprint density at radius 3 is 1.48 bits per heavy atom. The molecule has 0 aliphatic rings. The van der Waals surface area contributed by atoms with Crippen LogP contribution in [-0.4, -0.2) is 43.3 Å². The van der Waals surface area contributed by atoms with Gasteiger partial charge in [0.05, 0.1) is 6.61 Å². The van der Waals surface area contributed by atoms with Crippen LogP contribution < -0.4 is 0 Å². The van der Waals surface area contributed by atoms with E-state index < -0.39 is 26.5 Å². The van der Waals surface area contributed by atoms with Crippen LogP contribution in [0.2, 0.25) is 0 Å². The average Bonchev–Trinajstić information content (AvgIpc) is 3.07. The summed E-state index contributed by atoms with van der Waals surface area (Å²) in [6.45, 7) is 3.85. The predicted molar refractivity (Wildman–Crippen MR) is 198 cm³/mol. The maximum absolute atomic E-state index is 12.5. The van der Waals surface area contributed by atoms with Crippen LogP contribution in [0.1, 0.15) is 187 Å². The molecule has 0 radical (unpaired) electrons. The third kappa shape index (κ3) is 34.4. The van der Waals surface area contributed by atoms with Crippen molar-refractivity contribution >= 4 is 19.8 Å². The van der Waals surface area contributed by atoms with Gasteiger partial charge >= 0.3 is 19.8 Å². The molecule has 0 aromatic heterocycles. The van der Waals surface area contributed by atoms with Crippen molar-refractivity contribution in [2.75, 3.05) is 20.3 Å². The molecule has 0 saturated carbocycles. The van der Waals surface area contributed by atoms with E-state index in [0.717, 1.165) is 58.5 Å².